The first kappa shape index (κ1) is 14.8. The zero-order valence-electron chi connectivity index (χ0n) is 11.0. The summed E-state index contributed by atoms with van der Waals surface area (Å²) >= 11 is 0. The van der Waals surface area contributed by atoms with Gasteiger partial charge in [0.05, 0.1) is 19.1 Å². The van der Waals surface area contributed by atoms with E-state index in [-0.39, 0.29) is 24.5 Å². The number of aliphatic carboxylic acids is 1. The van der Waals surface area contributed by atoms with E-state index < -0.39 is 5.97 Å². The number of hydrogen-bond acceptors (Lipinski definition) is 3. The highest BCUT2D eigenvalue weighted by Gasteiger charge is 2.23. The van der Waals surface area contributed by atoms with E-state index >= 15 is 0 Å². The summed E-state index contributed by atoms with van der Waals surface area (Å²) in [6.07, 6.45) is 1.82. The number of amides is 2. The quantitative estimate of drug-likeness (QED) is 0.773. The highest BCUT2D eigenvalue weighted by Crippen LogP contribution is 2.09. The molecule has 1 aliphatic rings. The number of urea groups is 1. The molecule has 1 aliphatic heterocycles. The van der Waals surface area contributed by atoms with Gasteiger partial charge in [0.1, 0.15) is 0 Å². The number of carboxylic acids is 1. The second-order valence-electron chi connectivity index (χ2n) is 4.60. The lowest BCUT2D eigenvalue weighted by Gasteiger charge is -2.31. The van der Waals surface area contributed by atoms with Gasteiger partial charge in [-0.2, -0.15) is 0 Å². The van der Waals surface area contributed by atoms with Crippen molar-refractivity contribution in [1.29, 1.82) is 0 Å². The predicted octanol–water partition coefficient (Wildman–Crippen LogP) is 1.06. The van der Waals surface area contributed by atoms with Crippen LogP contribution >= 0.6 is 0 Å². The number of rotatable bonds is 5. The second kappa shape index (κ2) is 7.20. The second-order valence-corrected chi connectivity index (χ2v) is 4.60. The molecule has 0 aromatic rings. The van der Waals surface area contributed by atoms with Crippen LogP contribution in [0.1, 0.15) is 33.1 Å². The molecule has 2 unspecified atom stereocenters. The fraction of sp³-hybridized carbons (Fsp3) is 0.833. The number of carbonyl (C=O) groups excluding carboxylic acids is 1. The highest BCUT2D eigenvalue weighted by molar-refractivity contribution is 5.76. The molecule has 0 aromatic carbocycles. The number of carbonyl (C=O) groups is 2. The van der Waals surface area contributed by atoms with E-state index in [0.717, 1.165) is 19.4 Å². The highest BCUT2D eigenvalue weighted by atomic mass is 16.5. The molecular formula is C12H22N2O4. The Morgan fingerprint density at radius 2 is 2.28 bits per heavy atom. The summed E-state index contributed by atoms with van der Waals surface area (Å²) < 4.78 is 5.29. The van der Waals surface area contributed by atoms with Gasteiger partial charge in [0, 0.05) is 19.2 Å². The molecule has 2 N–H and O–H groups in total. The molecular weight excluding hydrogens is 236 g/mol. The number of ether oxygens (including phenoxy) is 1. The van der Waals surface area contributed by atoms with E-state index in [1.807, 2.05) is 6.92 Å². The molecule has 1 heterocycles. The van der Waals surface area contributed by atoms with Crippen LogP contribution in [0.15, 0.2) is 0 Å². The van der Waals surface area contributed by atoms with Gasteiger partial charge in [-0.15, -0.1) is 0 Å². The van der Waals surface area contributed by atoms with Crippen LogP contribution in [0.4, 0.5) is 4.79 Å². The minimum Gasteiger partial charge on any atom is -0.481 e. The Kier molecular flexibility index (Phi) is 5.91. The minimum absolute atomic E-state index is 0.0392. The van der Waals surface area contributed by atoms with E-state index in [4.69, 9.17) is 9.84 Å². The summed E-state index contributed by atoms with van der Waals surface area (Å²) in [4.78, 5) is 24.2. The van der Waals surface area contributed by atoms with Gasteiger partial charge in [0.25, 0.3) is 0 Å². The topological polar surface area (TPSA) is 78.9 Å². The van der Waals surface area contributed by atoms with Crippen molar-refractivity contribution in [3.63, 3.8) is 0 Å². The van der Waals surface area contributed by atoms with Crippen LogP contribution in [0.3, 0.4) is 0 Å². The van der Waals surface area contributed by atoms with E-state index in [0.29, 0.717) is 13.2 Å². The summed E-state index contributed by atoms with van der Waals surface area (Å²) in [7, 11) is 0. The van der Waals surface area contributed by atoms with Crippen molar-refractivity contribution < 1.29 is 19.4 Å². The van der Waals surface area contributed by atoms with Crippen molar-refractivity contribution >= 4 is 12.0 Å². The first-order chi connectivity index (χ1) is 8.54. The monoisotopic (exact) mass is 258 g/mol. The maximum Gasteiger partial charge on any atom is 0.317 e. The molecule has 2 amide bonds. The Labute approximate surface area is 107 Å². The molecule has 6 nitrogen and oxygen atoms in total. The normalized spacial score (nSPS) is 21.1. The smallest absolute Gasteiger partial charge is 0.317 e. The van der Waals surface area contributed by atoms with E-state index in [9.17, 15) is 9.59 Å². The van der Waals surface area contributed by atoms with E-state index in [2.05, 4.69) is 5.32 Å². The standard InChI is InChI=1S/C12H22N2O4/c1-3-14(9(2)7-11(15)16)12(17)13-10-5-4-6-18-8-10/h9-10H,3-8H2,1-2H3,(H,13,17)(H,15,16). The van der Waals surface area contributed by atoms with Crippen molar-refractivity contribution in [3.8, 4) is 0 Å². The summed E-state index contributed by atoms with van der Waals surface area (Å²) in [5.41, 5.74) is 0. The molecule has 18 heavy (non-hydrogen) atoms. The molecule has 0 bridgehead atoms. The van der Waals surface area contributed by atoms with Crippen molar-refractivity contribution in [3.05, 3.63) is 0 Å². The molecule has 1 saturated heterocycles. The van der Waals surface area contributed by atoms with Crippen LogP contribution in [0, 0.1) is 0 Å². The van der Waals surface area contributed by atoms with Gasteiger partial charge in [-0.25, -0.2) is 4.79 Å². The maximum atomic E-state index is 12.0. The lowest BCUT2D eigenvalue weighted by atomic mass is 10.1. The third-order valence-corrected chi connectivity index (χ3v) is 3.09. The third-order valence-electron chi connectivity index (χ3n) is 3.09. The number of carboxylic acid groups (broad SMARTS) is 1. The van der Waals surface area contributed by atoms with Gasteiger partial charge >= 0.3 is 12.0 Å². The summed E-state index contributed by atoms with van der Waals surface area (Å²) in [5, 5.41) is 11.6. The zero-order valence-corrected chi connectivity index (χ0v) is 11.0. The lowest BCUT2D eigenvalue weighted by molar-refractivity contribution is -0.138. The van der Waals surface area contributed by atoms with Crippen LogP contribution in [0.25, 0.3) is 0 Å². The van der Waals surface area contributed by atoms with Crippen LogP contribution in [-0.4, -0.2) is 53.8 Å². The Balaban J connectivity index is 2.47. The molecule has 104 valence electrons. The van der Waals surface area contributed by atoms with Crippen LogP contribution in [0.5, 0.6) is 0 Å². The Bertz CT molecular complexity index is 290. The summed E-state index contributed by atoms with van der Waals surface area (Å²) in [6.45, 7) is 5.37. The maximum absolute atomic E-state index is 12.0. The average molecular weight is 258 g/mol. The van der Waals surface area contributed by atoms with Gasteiger partial charge in [0.15, 0.2) is 0 Å². The largest absolute Gasteiger partial charge is 0.481 e. The van der Waals surface area contributed by atoms with Crippen LogP contribution in [0.2, 0.25) is 0 Å². The molecule has 0 aliphatic carbocycles. The zero-order chi connectivity index (χ0) is 13.5. The number of nitrogens with zero attached hydrogens (tertiary/aromatic N) is 1. The molecule has 0 aromatic heterocycles. The van der Waals surface area contributed by atoms with Gasteiger partial charge in [-0.3, -0.25) is 4.79 Å². The van der Waals surface area contributed by atoms with Crippen LogP contribution in [-0.2, 0) is 9.53 Å². The SMILES string of the molecule is CCN(C(=O)NC1CCCOC1)C(C)CC(=O)O. The van der Waals surface area contributed by atoms with E-state index in [1.165, 1.54) is 0 Å². The fourth-order valence-corrected chi connectivity index (χ4v) is 2.13. The Morgan fingerprint density at radius 3 is 2.78 bits per heavy atom. The van der Waals surface area contributed by atoms with Gasteiger partial charge in [0.2, 0.25) is 0 Å². The Morgan fingerprint density at radius 1 is 1.56 bits per heavy atom. The lowest BCUT2D eigenvalue weighted by Crippen LogP contribution is -2.50. The van der Waals surface area contributed by atoms with Gasteiger partial charge < -0.3 is 20.1 Å². The molecule has 0 spiro atoms. The number of nitrogens with one attached hydrogen (secondary N) is 1. The summed E-state index contributed by atoms with van der Waals surface area (Å²) in [6, 6.07) is -0.476. The third kappa shape index (κ3) is 4.52. The predicted molar refractivity (Wildman–Crippen MR) is 66.5 cm³/mol. The fourth-order valence-electron chi connectivity index (χ4n) is 2.13. The van der Waals surface area contributed by atoms with Crippen molar-refractivity contribution in [2.24, 2.45) is 0 Å². The molecule has 1 rings (SSSR count). The van der Waals surface area contributed by atoms with Gasteiger partial charge in [-0.05, 0) is 26.7 Å². The van der Waals surface area contributed by atoms with Gasteiger partial charge in [-0.1, -0.05) is 0 Å². The molecule has 2 atom stereocenters. The summed E-state index contributed by atoms with van der Waals surface area (Å²) in [5.74, 6) is -0.894. The molecule has 6 heteroatoms. The Hall–Kier alpha value is -1.30. The van der Waals surface area contributed by atoms with Crippen LogP contribution < -0.4 is 5.32 Å². The molecule has 0 radical (unpaired) electrons. The molecule has 1 fully saturated rings. The first-order valence-corrected chi connectivity index (χ1v) is 6.41. The minimum atomic E-state index is -0.894. The average Bonchev–Trinajstić information content (AvgIpc) is 2.30. The number of hydrogen-bond donors (Lipinski definition) is 2. The van der Waals surface area contributed by atoms with Crippen molar-refractivity contribution in [1.82, 2.24) is 10.2 Å². The van der Waals surface area contributed by atoms with Crippen molar-refractivity contribution in [2.45, 2.75) is 45.2 Å². The first-order valence-electron chi connectivity index (χ1n) is 6.41. The molecule has 0 saturated carbocycles. The van der Waals surface area contributed by atoms with E-state index in [1.54, 1.807) is 11.8 Å². The van der Waals surface area contributed by atoms with Crippen molar-refractivity contribution in [2.75, 3.05) is 19.8 Å².